The summed E-state index contributed by atoms with van der Waals surface area (Å²) in [6.07, 6.45) is 4.62. The minimum absolute atomic E-state index is 0.186. The van der Waals surface area contributed by atoms with Crippen LogP contribution in [0.5, 0.6) is 11.5 Å². The van der Waals surface area contributed by atoms with Crippen molar-refractivity contribution in [2.45, 2.75) is 0 Å². The molecule has 9 heteroatoms. The van der Waals surface area contributed by atoms with Crippen LogP contribution >= 0.6 is 0 Å². The van der Waals surface area contributed by atoms with Gasteiger partial charge in [-0.15, -0.1) is 0 Å². The summed E-state index contributed by atoms with van der Waals surface area (Å²) in [6, 6.07) is 7.02. The highest BCUT2D eigenvalue weighted by atomic mass is 16.7. The molecule has 132 valence electrons. The van der Waals surface area contributed by atoms with Gasteiger partial charge in [0.2, 0.25) is 6.79 Å². The van der Waals surface area contributed by atoms with E-state index in [-0.39, 0.29) is 18.4 Å². The average molecular weight is 352 g/mol. The Balaban J connectivity index is 1.52. The van der Waals surface area contributed by atoms with E-state index in [0.29, 0.717) is 23.0 Å². The van der Waals surface area contributed by atoms with Crippen molar-refractivity contribution in [1.29, 1.82) is 0 Å². The molecule has 2 aromatic heterocycles. The van der Waals surface area contributed by atoms with Gasteiger partial charge in [-0.1, -0.05) is 0 Å². The van der Waals surface area contributed by atoms with Gasteiger partial charge in [-0.05, 0) is 12.1 Å². The molecule has 1 amide bonds. The van der Waals surface area contributed by atoms with Gasteiger partial charge >= 0.3 is 0 Å². The maximum absolute atomic E-state index is 12.4. The molecule has 3 aromatic rings. The number of aromatic nitrogens is 4. The number of imidazole rings is 1. The molecule has 0 bridgehead atoms. The van der Waals surface area contributed by atoms with Crippen LogP contribution in [0.4, 0.5) is 11.5 Å². The molecule has 0 fully saturated rings. The number of carbonyl (C=O) groups excluding carboxylic acids is 1. The van der Waals surface area contributed by atoms with Crippen LogP contribution in [-0.2, 0) is 0 Å². The van der Waals surface area contributed by atoms with E-state index < -0.39 is 0 Å². The summed E-state index contributed by atoms with van der Waals surface area (Å²) < 4.78 is 12.2. The van der Waals surface area contributed by atoms with Crippen molar-refractivity contribution in [2.75, 3.05) is 31.1 Å². The monoisotopic (exact) mass is 352 g/mol. The van der Waals surface area contributed by atoms with Crippen molar-refractivity contribution in [3.05, 3.63) is 48.8 Å². The normalized spacial score (nSPS) is 12.1. The molecule has 0 radical (unpaired) electrons. The van der Waals surface area contributed by atoms with Crippen molar-refractivity contribution in [2.24, 2.45) is 0 Å². The average Bonchev–Trinajstić information content (AvgIpc) is 3.31. The number of amides is 1. The first kappa shape index (κ1) is 15.9. The Hall–Kier alpha value is -3.62. The Morgan fingerprint density at radius 2 is 2.00 bits per heavy atom. The minimum Gasteiger partial charge on any atom is -0.454 e. The van der Waals surface area contributed by atoms with E-state index in [1.165, 1.54) is 12.7 Å². The van der Waals surface area contributed by atoms with Crippen molar-refractivity contribution >= 4 is 17.4 Å². The molecule has 0 atom stereocenters. The quantitative estimate of drug-likeness (QED) is 0.764. The number of benzene rings is 1. The maximum Gasteiger partial charge on any atom is 0.275 e. The fourth-order valence-electron chi connectivity index (χ4n) is 2.46. The first-order chi connectivity index (χ1) is 12.6. The SMILES string of the molecule is CN(C)c1cc(-n2cnc(C(=O)Nc3ccc4c(c3)OCO4)c2)ncn1. The van der Waals surface area contributed by atoms with Crippen molar-refractivity contribution < 1.29 is 14.3 Å². The summed E-state index contributed by atoms with van der Waals surface area (Å²) in [6.45, 7) is 0.186. The van der Waals surface area contributed by atoms with E-state index in [4.69, 9.17) is 9.47 Å². The van der Waals surface area contributed by atoms with Crippen molar-refractivity contribution in [1.82, 2.24) is 19.5 Å². The van der Waals surface area contributed by atoms with Gasteiger partial charge in [0.05, 0.1) is 0 Å². The minimum atomic E-state index is -0.329. The van der Waals surface area contributed by atoms with Crippen LogP contribution in [0.15, 0.2) is 43.1 Å². The number of ether oxygens (including phenoxy) is 2. The molecular formula is C17H16N6O3. The second kappa shape index (κ2) is 6.36. The van der Waals surface area contributed by atoms with E-state index >= 15 is 0 Å². The summed E-state index contributed by atoms with van der Waals surface area (Å²) in [4.78, 5) is 26.8. The van der Waals surface area contributed by atoms with Crippen LogP contribution in [0.1, 0.15) is 10.5 Å². The van der Waals surface area contributed by atoms with Gasteiger partial charge in [0.1, 0.15) is 30.0 Å². The van der Waals surface area contributed by atoms with Gasteiger partial charge in [0.15, 0.2) is 11.5 Å². The highest BCUT2D eigenvalue weighted by molar-refractivity contribution is 6.02. The molecule has 1 aliphatic rings. The Bertz CT molecular complexity index is 969. The molecule has 0 saturated carbocycles. The van der Waals surface area contributed by atoms with Crippen molar-refractivity contribution in [3.8, 4) is 17.3 Å². The van der Waals surface area contributed by atoms with E-state index in [2.05, 4.69) is 20.3 Å². The lowest BCUT2D eigenvalue weighted by Crippen LogP contribution is -2.12. The summed E-state index contributed by atoms with van der Waals surface area (Å²) >= 11 is 0. The molecular weight excluding hydrogens is 336 g/mol. The number of fused-ring (bicyclic) bond motifs is 1. The zero-order chi connectivity index (χ0) is 18.1. The summed E-state index contributed by atoms with van der Waals surface area (Å²) in [7, 11) is 3.79. The maximum atomic E-state index is 12.4. The van der Waals surface area contributed by atoms with Crippen LogP contribution < -0.4 is 19.7 Å². The van der Waals surface area contributed by atoms with E-state index in [1.54, 1.807) is 35.0 Å². The standard InChI is InChI=1S/C17H16N6O3/c1-22(2)15-6-16(19-8-18-15)23-7-12(20-9-23)17(24)21-11-3-4-13-14(5-11)26-10-25-13/h3-9H,10H2,1-2H3,(H,21,24). The molecule has 26 heavy (non-hydrogen) atoms. The first-order valence-corrected chi connectivity index (χ1v) is 7.85. The molecule has 1 aliphatic heterocycles. The largest absolute Gasteiger partial charge is 0.454 e. The lowest BCUT2D eigenvalue weighted by molar-refractivity contribution is 0.102. The third-order valence-corrected chi connectivity index (χ3v) is 3.81. The predicted molar refractivity (Wildman–Crippen MR) is 94.0 cm³/mol. The molecule has 0 spiro atoms. The van der Waals surface area contributed by atoms with E-state index in [9.17, 15) is 4.79 Å². The molecule has 9 nitrogen and oxygen atoms in total. The molecule has 4 rings (SSSR count). The first-order valence-electron chi connectivity index (χ1n) is 7.85. The lowest BCUT2D eigenvalue weighted by atomic mass is 10.2. The van der Waals surface area contributed by atoms with Crippen LogP contribution in [0.25, 0.3) is 5.82 Å². The Morgan fingerprint density at radius 3 is 2.85 bits per heavy atom. The third-order valence-electron chi connectivity index (χ3n) is 3.81. The van der Waals surface area contributed by atoms with Gasteiger partial charge in [-0.25, -0.2) is 15.0 Å². The van der Waals surface area contributed by atoms with Crippen LogP contribution in [0.2, 0.25) is 0 Å². The Labute approximate surface area is 149 Å². The van der Waals surface area contributed by atoms with Gasteiger partial charge in [0, 0.05) is 38.1 Å². The second-order valence-electron chi connectivity index (χ2n) is 5.82. The molecule has 1 N–H and O–H groups in total. The van der Waals surface area contributed by atoms with E-state index in [0.717, 1.165) is 5.82 Å². The summed E-state index contributed by atoms with van der Waals surface area (Å²) in [5, 5.41) is 2.79. The molecule has 0 unspecified atom stereocenters. The van der Waals surface area contributed by atoms with E-state index in [1.807, 2.05) is 19.0 Å². The lowest BCUT2D eigenvalue weighted by Gasteiger charge is -2.11. The zero-order valence-corrected chi connectivity index (χ0v) is 14.2. The second-order valence-corrected chi connectivity index (χ2v) is 5.82. The number of carbonyl (C=O) groups is 1. The zero-order valence-electron chi connectivity index (χ0n) is 14.2. The van der Waals surface area contributed by atoms with Crippen molar-refractivity contribution in [3.63, 3.8) is 0 Å². The van der Waals surface area contributed by atoms with Gasteiger partial charge < -0.3 is 19.7 Å². The Morgan fingerprint density at radius 1 is 1.15 bits per heavy atom. The van der Waals surface area contributed by atoms with Gasteiger partial charge in [-0.2, -0.15) is 0 Å². The predicted octanol–water partition coefficient (Wildman–Crippen LogP) is 1.71. The fourth-order valence-corrected chi connectivity index (χ4v) is 2.46. The summed E-state index contributed by atoms with van der Waals surface area (Å²) in [5.41, 5.74) is 0.874. The van der Waals surface area contributed by atoms with Crippen LogP contribution in [-0.4, -0.2) is 46.3 Å². The number of nitrogens with zero attached hydrogens (tertiary/aromatic N) is 5. The van der Waals surface area contributed by atoms with Crippen LogP contribution in [0, 0.1) is 0 Å². The highest BCUT2D eigenvalue weighted by Crippen LogP contribution is 2.34. The number of anilines is 2. The molecule has 0 aliphatic carbocycles. The number of nitrogens with one attached hydrogen (secondary N) is 1. The highest BCUT2D eigenvalue weighted by Gasteiger charge is 2.16. The van der Waals surface area contributed by atoms with Crippen LogP contribution in [0.3, 0.4) is 0 Å². The third kappa shape index (κ3) is 3.02. The molecule has 0 saturated heterocycles. The van der Waals surface area contributed by atoms with Gasteiger partial charge in [0.25, 0.3) is 5.91 Å². The summed E-state index contributed by atoms with van der Waals surface area (Å²) in [5.74, 6) is 2.32. The number of rotatable bonds is 4. The topological polar surface area (TPSA) is 94.4 Å². The number of hydrogen-bond donors (Lipinski definition) is 1. The number of hydrogen-bond acceptors (Lipinski definition) is 7. The Kier molecular flexibility index (Phi) is 3.88. The fraction of sp³-hybridized carbons (Fsp3) is 0.176. The molecule has 1 aromatic carbocycles. The van der Waals surface area contributed by atoms with Gasteiger partial charge in [-0.3, -0.25) is 9.36 Å². The smallest absolute Gasteiger partial charge is 0.275 e. The molecule has 3 heterocycles.